The molecule has 21 heavy (non-hydrogen) atoms. The highest BCUT2D eigenvalue weighted by atomic mass is 32.1. The van der Waals surface area contributed by atoms with Gasteiger partial charge in [0.25, 0.3) is 11.8 Å². The van der Waals surface area contributed by atoms with E-state index in [-0.39, 0.29) is 11.9 Å². The predicted octanol–water partition coefficient (Wildman–Crippen LogP) is 3.45. The first kappa shape index (κ1) is 13.3. The minimum Gasteiger partial charge on any atom is -0.403 e. The maximum atomic E-state index is 11.8. The van der Waals surface area contributed by atoms with Gasteiger partial charge in [0.05, 0.1) is 0 Å². The first-order valence-corrected chi connectivity index (χ1v) is 7.16. The lowest BCUT2D eigenvalue weighted by molar-refractivity contribution is -0.112. The second-order valence-corrected chi connectivity index (χ2v) is 4.94. The molecule has 0 fully saturated rings. The molecule has 1 aromatic carbocycles. The van der Waals surface area contributed by atoms with Gasteiger partial charge < -0.3 is 4.42 Å². The first-order chi connectivity index (χ1) is 10.3. The van der Waals surface area contributed by atoms with E-state index in [1.54, 1.807) is 6.08 Å². The molecule has 5 nitrogen and oxygen atoms in total. The van der Waals surface area contributed by atoms with Crippen molar-refractivity contribution in [3.63, 3.8) is 0 Å². The number of nitrogens with one attached hydrogen (secondary N) is 1. The van der Waals surface area contributed by atoms with Crippen molar-refractivity contribution in [2.24, 2.45) is 0 Å². The number of anilines is 1. The van der Waals surface area contributed by atoms with Crippen molar-refractivity contribution in [2.75, 3.05) is 5.32 Å². The van der Waals surface area contributed by atoms with Gasteiger partial charge in [-0.3, -0.25) is 10.1 Å². The van der Waals surface area contributed by atoms with Gasteiger partial charge in [0, 0.05) is 17.0 Å². The van der Waals surface area contributed by atoms with Crippen LogP contribution in [0, 0.1) is 0 Å². The smallest absolute Gasteiger partial charge is 0.322 e. The maximum absolute atomic E-state index is 11.8. The molecule has 0 bridgehead atoms. The minimum absolute atomic E-state index is 0.0823. The van der Waals surface area contributed by atoms with Crippen molar-refractivity contribution in [3.8, 4) is 11.5 Å². The number of nitrogens with zero attached hydrogens (tertiary/aromatic N) is 2. The Morgan fingerprint density at radius 2 is 2.05 bits per heavy atom. The third kappa shape index (κ3) is 3.43. The van der Waals surface area contributed by atoms with E-state index in [0.29, 0.717) is 5.89 Å². The van der Waals surface area contributed by atoms with E-state index in [2.05, 4.69) is 15.5 Å². The number of carbonyl (C=O) groups is 1. The number of amides is 1. The van der Waals surface area contributed by atoms with Gasteiger partial charge in [0.1, 0.15) is 0 Å². The summed E-state index contributed by atoms with van der Waals surface area (Å²) in [5.41, 5.74) is 1.78. The molecule has 1 amide bonds. The van der Waals surface area contributed by atoms with Gasteiger partial charge in [-0.1, -0.05) is 35.4 Å². The normalized spacial score (nSPS) is 10.9. The van der Waals surface area contributed by atoms with Gasteiger partial charge >= 0.3 is 6.01 Å². The molecule has 0 aliphatic carbocycles. The Hall–Kier alpha value is -2.73. The van der Waals surface area contributed by atoms with Crippen LogP contribution in [0.15, 0.2) is 57.7 Å². The summed E-state index contributed by atoms with van der Waals surface area (Å²) in [6.07, 6.45) is 3.13. The van der Waals surface area contributed by atoms with Gasteiger partial charge in [-0.25, -0.2) is 0 Å². The summed E-state index contributed by atoms with van der Waals surface area (Å²) in [5, 5.41) is 14.0. The van der Waals surface area contributed by atoms with Crippen LogP contribution in [0.1, 0.15) is 5.56 Å². The van der Waals surface area contributed by atoms with Crippen LogP contribution in [0.3, 0.4) is 0 Å². The monoisotopic (exact) mass is 297 g/mol. The number of carbonyl (C=O) groups excluding carboxylic acids is 1. The van der Waals surface area contributed by atoms with Crippen LogP contribution in [0.5, 0.6) is 0 Å². The van der Waals surface area contributed by atoms with Crippen LogP contribution >= 0.6 is 11.3 Å². The molecule has 0 atom stereocenters. The fraction of sp³-hybridized carbons (Fsp3) is 0. The lowest BCUT2D eigenvalue weighted by atomic mass is 10.2. The van der Waals surface area contributed by atoms with Crippen LogP contribution in [0.2, 0.25) is 0 Å². The van der Waals surface area contributed by atoms with Crippen molar-refractivity contribution in [3.05, 3.63) is 58.8 Å². The Labute approximate surface area is 125 Å². The van der Waals surface area contributed by atoms with E-state index in [0.717, 1.165) is 11.1 Å². The summed E-state index contributed by atoms with van der Waals surface area (Å²) >= 11 is 1.54. The molecule has 0 radical (unpaired) electrons. The Bertz CT molecular complexity index is 748. The lowest BCUT2D eigenvalue weighted by Crippen LogP contribution is -2.07. The van der Waals surface area contributed by atoms with Crippen LogP contribution in [0.4, 0.5) is 6.01 Å². The fourth-order valence-electron chi connectivity index (χ4n) is 1.66. The molecule has 3 aromatic rings. The summed E-state index contributed by atoms with van der Waals surface area (Å²) in [4.78, 5) is 11.8. The van der Waals surface area contributed by atoms with Crippen molar-refractivity contribution in [1.29, 1.82) is 0 Å². The number of rotatable bonds is 4. The SMILES string of the molecule is O=C(C=Cc1ccccc1)Nc1nnc(-c2ccsc2)o1. The van der Waals surface area contributed by atoms with E-state index in [4.69, 9.17) is 4.42 Å². The minimum atomic E-state index is -0.320. The second-order valence-electron chi connectivity index (χ2n) is 4.16. The van der Waals surface area contributed by atoms with E-state index in [9.17, 15) is 4.79 Å². The Balaban J connectivity index is 1.64. The van der Waals surface area contributed by atoms with Gasteiger partial charge in [-0.15, -0.1) is 5.10 Å². The Morgan fingerprint density at radius 3 is 2.81 bits per heavy atom. The summed E-state index contributed by atoms with van der Waals surface area (Å²) in [6.45, 7) is 0. The highest BCUT2D eigenvalue weighted by Crippen LogP contribution is 2.21. The quantitative estimate of drug-likeness (QED) is 0.749. The summed E-state index contributed by atoms with van der Waals surface area (Å²) in [5.74, 6) is 0.0676. The van der Waals surface area contributed by atoms with E-state index < -0.39 is 0 Å². The van der Waals surface area contributed by atoms with Crippen LogP contribution in [-0.2, 0) is 4.79 Å². The van der Waals surface area contributed by atoms with Crippen molar-refractivity contribution in [1.82, 2.24) is 10.2 Å². The van der Waals surface area contributed by atoms with Crippen LogP contribution in [-0.4, -0.2) is 16.1 Å². The molecule has 6 heteroatoms. The molecule has 1 N–H and O–H groups in total. The van der Waals surface area contributed by atoms with Crippen molar-refractivity contribution >= 4 is 29.3 Å². The average molecular weight is 297 g/mol. The molecule has 0 unspecified atom stereocenters. The molecule has 0 aliphatic rings. The summed E-state index contributed by atoms with van der Waals surface area (Å²) in [7, 11) is 0. The highest BCUT2D eigenvalue weighted by molar-refractivity contribution is 7.08. The van der Waals surface area contributed by atoms with Gasteiger partial charge in [-0.2, -0.15) is 11.3 Å². The number of hydrogen-bond acceptors (Lipinski definition) is 5. The largest absolute Gasteiger partial charge is 0.403 e. The Morgan fingerprint density at radius 1 is 1.19 bits per heavy atom. The molecule has 0 saturated carbocycles. The topological polar surface area (TPSA) is 68.0 Å². The highest BCUT2D eigenvalue weighted by Gasteiger charge is 2.09. The molecule has 2 heterocycles. The maximum Gasteiger partial charge on any atom is 0.322 e. The van der Waals surface area contributed by atoms with Gasteiger partial charge in [0.2, 0.25) is 0 Å². The molecule has 0 aliphatic heterocycles. The van der Waals surface area contributed by atoms with Crippen LogP contribution in [0.25, 0.3) is 17.5 Å². The standard InChI is InChI=1S/C15H11N3O2S/c19-13(7-6-11-4-2-1-3-5-11)16-15-18-17-14(20-15)12-8-9-21-10-12/h1-10H,(H,16,18,19). The number of benzene rings is 1. The number of hydrogen-bond donors (Lipinski definition) is 1. The van der Waals surface area contributed by atoms with E-state index in [1.807, 2.05) is 47.2 Å². The summed E-state index contributed by atoms with van der Waals surface area (Å²) < 4.78 is 5.37. The second kappa shape index (κ2) is 6.15. The fourth-order valence-corrected chi connectivity index (χ4v) is 2.29. The molecule has 0 spiro atoms. The van der Waals surface area contributed by atoms with Gasteiger partial charge in [0.15, 0.2) is 0 Å². The van der Waals surface area contributed by atoms with Crippen molar-refractivity contribution in [2.45, 2.75) is 0 Å². The van der Waals surface area contributed by atoms with Crippen molar-refractivity contribution < 1.29 is 9.21 Å². The van der Waals surface area contributed by atoms with E-state index >= 15 is 0 Å². The summed E-state index contributed by atoms with van der Waals surface area (Å²) in [6, 6.07) is 11.5. The molecule has 2 aromatic heterocycles. The third-order valence-electron chi connectivity index (χ3n) is 2.65. The van der Waals surface area contributed by atoms with Gasteiger partial charge in [-0.05, 0) is 23.1 Å². The zero-order valence-corrected chi connectivity index (χ0v) is 11.7. The Kier molecular flexibility index (Phi) is 3.88. The molecule has 3 rings (SSSR count). The number of aromatic nitrogens is 2. The molecule has 104 valence electrons. The first-order valence-electron chi connectivity index (χ1n) is 6.21. The molecule has 0 saturated heterocycles. The zero-order chi connectivity index (χ0) is 14.5. The molecular weight excluding hydrogens is 286 g/mol. The van der Waals surface area contributed by atoms with E-state index in [1.165, 1.54) is 17.4 Å². The van der Waals surface area contributed by atoms with Crippen LogP contribution < -0.4 is 5.32 Å². The number of thiophene rings is 1. The third-order valence-corrected chi connectivity index (χ3v) is 3.33. The average Bonchev–Trinajstić information content (AvgIpc) is 3.17. The zero-order valence-electron chi connectivity index (χ0n) is 10.9. The predicted molar refractivity (Wildman–Crippen MR) is 81.7 cm³/mol. The molecular formula is C15H11N3O2S. The lowest BCUT2D eigenvalue weighted by Gasteiger charge is -1.94.